The van der Waals surface area contributed by atoms with Crippen molar-refractivity contribution in [1.82, 2.24) is 15.1 Å². The van der Waals surface area contributed by atoms with E-state index in [1.165, 1.54) is 36.1 Å². The minimum absolute atomic E-state index is 0.0247. The SMILES string of the molecule is COC(=O)c1ccc(C(C)NC(=O)c2c(C(F)F)nn3c2N(Cc2cccc(C(F)(F)F)c2)CC3)cc1. The summed E-state index contributed by atoms with van der Waals surface area (Å²) in [4.78, 5) is 26.4. The Kier molecular flexibility index (Phi) is 7.19. The number of alkyl halides is 5. The number of esters is 1. The van der Waals surface area contributed by atoms with Crippen LogP contribution in [-0.4, -0.2) is 35.3 Å². The van der Waals surface area contributed by atoms with E-state index in [0.717, 1.165) is 12.1 Å². The Labute approximate surface area is 208 Å². The van der Waals surface area contributed by atoms with E-state index in [1.807, 2.05) is 0 Å². The van der Waals surface area contributed by atoms with E-state index in [2.05, 4.69) is 15.2 Å². The van der Waals surface area contributed by atoms with Crippen LogP contribution in [0.1, 0.15) is 62.5 Å². The van der Waals surface area contributed by atoms with E-state index in [4.69, 9.17) is 0 Å². The number of rotatable bonds is 7. The van der Waals surface area contributed by atoms with Gasteiger partial charge in [0.15, 0.2) is 0 Å². The van der Waals surface area contributed by atoms with E-state index >= 15 is 0 Å². The highest BCUT2D eigenvalue weighted by Gasteiger charge is 2.36. The van der Waals surface area contributed by atoms with Gasteiger partial charge in [0, 0.05) is 13.1 Å². The number of fused-ring (bicyclic) bond motifs is 1. The van der Waals surface area contributed by atoms with Gasteiger partial charge in [-0.15, -0.1) is 0 Å². The van der Waals surface area contributed by atoms with Crippen LogP contribution in [0, 0.1) is 0 Å². The molecule has 1 aromatic heterocycles. The molecule has 0 fully saturated rings. The number of amides is 1. The first-order chi connectivity index (χ1) is 17.5. The zero-order valence-electron chi connectivity index (χ0n) is 19.9. The van der Waals surface area contributed by atoms with Gasteiger partial charge in [0.2, 0.25) is 0 Å². The third kappa shape index (κ3) is 5.42. The number of nitrogens with one attached hydrogen (secondary N) is 1. The van der Waals surface area contributed by atoms with Crippen molar-refractivity contribution in [1.29, 1.82) is 0 Å². The zero-order valence-corrected chi connectivity index (χ0v) is 19.9. The third-order valence-corrected chi connectivity index (χ3v) is 6.07. The molecule has 0 spiro atoms. The van der Waals surface area contributed by atoms with Crippen LogP contribution in [0.3, 0.4) is 0 Å². The Morgan fingerprint density at radius 2 is 1.81 bits per heavy atom. The lowest BCUT2D eigenvalue weighted by Crippen LogP contribution is -2.30. The molecular weight excluding hydrogens is 499 g/mol. The summed E-state index contributed by atoms with van der Waals surface area (Å²) in [5, 5.41) is 6.60. The van der Waals surface area contributed by atoms with E-state index in [1.54, 1.807) is 24.0 Å². The Hall–Kier alpha value is -3.96. The van der Waals surface area contributed by atoms with Crippen LogP contribution in [0.5, 0.6) is 0 Å². The van der Waals surface area contributed by atoms with Gasteiger partial charge in [0.05, 0.1) is 30.8 Å². The highest BCUT2D eigenvalue weighted by molar-refractivity contribution is 6.01. The van der Waals surface area contributed by atoms with E-state index in [9.17, 15) is 31.5 Å². The molecule has 37 heavy (non-hydrogen) atoms. The molecule has 0 bridgehead atoms. The van der Waals surface area contributed by atoms with Crippen molar-refractivity contribution in [3.63, 3.8) is 0 Å². The fraction of sp³-hybridized carbons (Fsp3) is 0.320. The molecule has 7 nitrogen and oxygen atoms in total. The van der Waals surface area contributed by atoms with Crippen LogP contribution in [0.4, 0.5) is 27.8 Å². The summed E-state index contributed by atoms with van der Waals surface area (Å²) in [6.45, 7) is 2.11. The minimum atomic E-state index is -4.53. The molecule has 2 heterocycles. The van der Waals surface area contributed by atoms with Gasteiger partial charge in [-0.1, -0.05) is 24.3 Å². The topological polar surface area (TPSA) is 76.5 Å². The van der Waals surface area contributed by atoms with Crippen LogP contribution in [-0.2, 0) is 24.0 Å². The van der Waals surface area contributed by atoms with Crippen molar-refractivity contribution in [3.05, 3.63) is 82.0 Å². The largest absolute Gasteiger partial charge is 0.465 e. The number of nitrogens with zero attached hydrogens (tertiary/aromatic N) is 3. The number of hydrogen-bond donors (Lipinski definition) is 1. The molecular formula is C25H23F5N4O3. The van der Waals surface area contributed by atoms with Crippen molar-refractivity contribution in [2.24, 2.45) is 0 Å². The lowest BCUT2D eigenvalue weighted by molar-refractivity contribution is -0.137. The number of hydrogen-bond acceptors (Lipinski definition) is 5. The Morgan fingerprint density at radius 3 is 2.43 bits per heavy atom. The molecule has 1 atom stereocenters. The van der Waals surface area contributed by atoms with Crippen molar-refractivity contribution < 1.29 is 36.3 Å². The van der Waals surface area contributed by atoms with Crippen molar-refractivity contribution in [2.75, 3.05) is 18.6 Å². The van der Waals surface area contributed by atoms with Crippen LogP contribution in [0.2, 0.25) is 0 Å². The summed E-state index contributed by atoms with van der Waals surface area (Å²) < 4.78 is 73.0. The van der Waals surface area contributed by atoms with Gasteiger partial charge in [-0.25, -0.2) is 18.3 Å². The third-order valence-electron chi connectivity index (χ3n) is 6.07. The number of halogens is 5. The Bertz CT molecular complexity index is 1300. The summed E-state index contributed by atoms with van der Waals surface area (Å²) >= 11 is 0. The van der Waals surface area contributed by atoms with Gasteiger partial charge >= 0.3 is 12.1 Å². The molecule has 12 heteroatoms. The van der Waals surface area contributed by atoms with Gasteiger partial charge in [-0.3, -0.25) is 4.79 Å². The number of ether oxygens (including phenoxy) is 1. The Balaban J connectivity index is 1.60. The van der Waals surface area contributed by atoms with Crippen LogP contribution in [0.25, 0.3) is 0 Å². The van der Waals surface area contributed by atoms with E-state index in [0.29, 0.717) is 16.7 Å². The average molecular weight is 522 g/mol. The molecule has 1 aliphatic heterocycles. The monoisotopic (exact) mass is 522 g/mol. The second kappa shape index (κ2) is 10.2. The Morgan fingerprint density at radius 1 is 1.11 bits per heavy atom. The fourth-order valence-corrected chi connectivity index (χ4v) is 4.24. The molecule has 0 aliphatic carbocycles. The molecule has 3 aromatic rings. The molecule has 0 saturated heterocycles. The van der Waals surface area contributed by atoms with Crippen LogP contribution >= 0.6 is 0 Å². The average Bonchev–Trinajstić information content (AvgIpc) is 3.43. The number of carbonyl (C=O) groups is 2. The van der Waals surface area contributed by atoms with E-state index < -0.39 is 41.8 Å². The molecule has 2 aromatic carbocycles. The standard InChI is InChI=1S/C25H23F5N4O3/c1-14(16-6-8-17(9-7-16)24(36)37-2)31-22(35)19-20(21(26)27)32-34-11-10-33(23(19)34)13-15-4-3-5-18(12-15)25(28,29)30/h3-9,12,14,21H,10-11,13H2,1-2H3,(H,31,35). The quantitative estimate of drug-likeness (QED) is 0.344. The number of methoxy groups -OCH3 is 1. The molecule has 1 N–H and O–H groups in total. The smallest absolute Gasteiger partial charge is 0.416 e. The lowest BCUT2D eigenvalue weighted by Gasteiger charge is -2.21. The highest BCUT2D eigenvalue weighted by atomic mass is 19.4. The normalized spacial score (nSPS) is 14.0. The number of benzene rings is 2. The molecule has 1 unspecified atom stereocenters. The van der Waals surface area contributed by atoms with Crippen LogP contribution < -0.4 is 10.2 Å². The molecule has 1 amide bonds. The lowest BCUT2D eigenvalue weighted by atomic mass is 10.1. The molecule has 0 saturated carbocycles. The van der Waals surface area contributed by atoms with Gasteiger partial charge in [0.1, 0.15) is 17.1 Å². The van der Waals surface area contributed by atoms with Crippen LogP contribution in [0.15, 0.2) is 48.5 Å². The molecule has 196 valence electrons. The van der Waals surface area contributed by atoms with Gasteiger partial charge in [-0.2, -0.15) is 18.3 Å². The first kappa shape index (κ1) is 26.1. The molecule has 1 aliphatic rings. The summed E-state index contributed by atoms with van der Waals surface area (Å²) in [5.74, 6) is -1.20. The summed E-state index contributed by atoms with van der Waals surface area (Å²) in [6.07, 6.45) is -7.56. The van der Waals surface area contributed by atoms with Crippen molar-refractivity contribution >= 4 is 17.7 Å². The van der Waals surface area contributed by atoms with E-state index in [-0.39, 0.29) is 31.0 Å². The number of carbonyl (C=O) groups excluding carboxylic acids is 2. The second-order valence-corrected chi connectivity index (χ2v) is 8.54. The number of anilines is 1. The predicted molar refractivity (Wildman–Crippen MR) is 123 cm³/mol. The van der Waals surface area contributed by atoms with Crippen molar-refractivity contribution in [3.8, 4) is 0 Å². The van der Waals surface area contributed by atoms with Gasteiger partial charge in [0.25, 0.3) is 12.3 Å². The summed E-state index contributed by atoms with van der Waals surface area (Å²) in [7, 11) is 1.25. The zero-order chi connectivity index (χ0) is 26.9. The summed E-state index contributed by atoms with van der Waals surface area (Å²) in [6, 6.07) is 10.3. The fourth-order valence-electron chi connectivity index (χ4n) is 4.24. The highest BCUT2D eigenvalue weighted by Crippen LogP contribution is 2.36. The number of aromatic nitrogens is 2. The maximum absolute atomic E-state index is 13.9. The first-order valence-electron chi connectivity index (χ1n) is 11.3. The molecule has 4 rings (SSSR count). The maximum Gasteiger partial charge on any atom is 0.416 e. The second-order valence-electron chi connectivity index (χ2n) is 8.54. The van der Waals surface area contributed by atoms with Gasteiger partial charge in [-0.05, 0) is 42.3 Å². The minimum Gasteiger partial charge on any atom is -0.465 e. The van der Waals surface area contributed by atoms with Gasteiger partial charge < -0.3 is 15.0 Å². The predicted octanol–water partition coefficient (Wildman–Crippen LogP) is 5.14. The maximum atomic E-state index is 13.9. The summed E-state index contributed by atoms with van der Waals surface area (Å²) in [5.41, 5.74) is -0.606. The van der Waals surface area contributed by atoms with Crippen molar-refractivity contribution in [2.45, 2.75) is 38.7 Å². The molecule has 0 radical (unpaired) electrons. The first-order valence-corrected chi connectivity index (χ1v) is 11.3.